The summed E-state index contributed by atoms with van der Waals surface area (Å²) in [5, 5.41) is 6.75. The van der Waals surface area contributed by atoms with Crippen LogP contribution >= 0.6 is 0 Å². The molecule has 4 nitrogen and oxygen atoms in total. The van der Waals surface area contributed by atoms with E-state index in [1.54, 1.807) is 7.11 Å². The van der Waals surface area contributed by atoms with Gasteiger partial charge in [-0.05, 0) is 68.3 Å². The average Bonchev–Trinajstić information content (AvgIpc) is 3.46. The van der Waals surface area contributed by atoms with Gasteiger partial charge in [0.2, 0.25) is 5.91 Å². The lowest BCUT2D eigenvalue weighted by Gasteiger charge is -2.24. The van der Waals surface area contributed by atoms with Crippen LogP contribution in [0.4, 0.5) is 0 Å². The standard InChI is InChI=1S/C18H24N2O2/c1-22-14-4-2-13(3-5-14)18(6-7-18)20-16(21)15-12-17(15)8-10-19-11-9-17/h2-5,15,19H,6-12H2,1H3,(H,20,21). The Labute approximate surface area is 131 Å². The Bertz CT molecular complexity index is 571. The molecule has 4 heteroatoms. The molecule has 1 atom stereocenters. The lowest BCUT2D eigenvalue weighted by molar-refractivity contribution is -0.124. The molecule has 0 bridgehead atoms. The number of carbonyl (C=O) groups is 1. The third-order valence-electron chi connectivity index (χ3n) is 5.86. The van der Waals surface area contributed by atoms with E-state index in [9.17, 15) is 4.79 Å². The summed E-state index contributed by atoms with van der Waals surface area (Å²) in [5.41, 5.74) is 1.41. The first-order chi connectivity index (χ1) is 10.7. The van der Waals surface area contributed by atoms with Crippen LogP contribution in [0, 0.1) is 11.3 Å². The summed E-state index contributed by atoms with van der Waals surface area (Å²) in [5.74, 6) is 1.38. The molecule has 1 spiro atoms. The highest BCUT2D eigenvalue weighted by Gasteiger charge is 2.59. The van der Waals surface area contributed by atoms with Gasteiger partial charge in [-0.2, -0.15) is 0 Å². The zero-order valence-corrected chi connectivity index (χ0v) is 13.2. The molecular weight excluding hydrogens is 276 g/mol. The molecule has 1 saturated heterocycles. The second-order valence-electron chi connectivity index (χ2n) is 7.17. The van der Waals surface area contributed by atoms with Gasteiger partial charge >= 0.3 is 0 Å². The minimum Gasteiger partial charge on any atom is -0.497 e. The highest BCUT2D eigenvalue weighted by Crippen LogP contribution is 2.59. The molecule has 1 aliphatic heterocycles. The lowest BCUT2D eigenvalue weighted by atomic mass is 9.91. The van der Waals surface area contributed by atoms with Crippen molar-refractivity contribution in [2.45, 2.75) is 37.6 Å². The molecule has 1 aromatic carbocycles. The Hall–Kier alpha value is -1.55. The van der Waals surface area contributed by atoms with Crippen molar-refractivity contribution in [3.05, 3.63) is 29.8 Å². The van der Waals surface area contributed by atoms with Gasteiger partial charge in [0.1, 0.15) is 5.75 Å². The minimum atomic E-state index is -0.111. The van der Waals surface area contributed by atoms with Crippen molar-refractivity contribution in [1.29, 1.82) is 0 Å². The van der Waals surface area contributed by atoms with E-state index in [0.29, 0.717) is 5.41 Å². The summed E-state index contributed by atoms with van der Waals surface area (Å²) in [6.45, 7) is 2.13. The van der Waals surface area contributed by atoms with E-state index in [0.717, 1.165) is 50.9 Å². The number of methoxy groups -OCH3 is 1. The van der Waals surface area contributed by atoms with E-state index in [1.807, 2.05) is 12.1 Å². The molecule has 1 amide bonds. The van der Waals surface area contributed by atoms with E-state index in [1.165, 1.54) is 5.56 Å². The number of carbonyl (C=O) groups excluding carboxylic acids is 1. The summed E-state index contributed by atoms with van der Waals surface area (Å²) < 4.78 is 5.21. The lowest BCUT2D eigenvalue weighted by Crippen LogP contribution is -2.38. The summed E-state index contributed by atoms with van der Waals surface area (Å²) in [4.78, 5) is 12.7. The van der Waals surface area contributed by atoms with Gasteiger partial charge < -0.3 is 15.4 Å². The predicted octanol–water partition coefficient (Wildman–Crippen LogP) is 2.19. The van der Waals surface area contributed by atoms with Crippen LogP contribution in [0.15, 0.2) is 24.3 Å². The Morgan fingerprint density at radius 3 is 2.45 bits per heavy atom. The van der Waals surface area contributed by atoms with Gasteiger partial charge in [0.15, 0.2) is 0 Å². The second kappa shape index (κ2) is 4.98. The number of benzene rings is 1. The highest BCUT2D eigenvalue weighted by atomic mass is 16.5. The van der Waals surface area contributed by atoms with Gasteiger partial charge in [0, 0.05) is 5.92 Å². The molecule has 1 unspecified atom stereocenters. The fourth-order valence-corrected chi connectivity index (χ4v) is 4.04. The number of amides is 1. The van der Waals surface area contributed by atoms with Crippen molar-refractivity contribution in [3.8, 4) is 5.75 Å². The van der Waals surface area contributed by atoms with Crippen LogP contribution in [0.1, 0.15) is 37.7 Å². The van der Waals surface area contributed by atoms with Gasteiger partial charge in [-0.25, -0.2) is 0 Å². The maximum absolute atomic E-state index is 12.7. The molecule has 0 radical (unpaired) electrons. The summed E-state index contributed by atoms with van der Waals surface area (Å²) >= 11 is 0. The first-order valence-electron chi connectivity index (χ1n) is 8.35. The van der Waals surface area contributed by atoms with Crippen LogP contribution in [0.5, 0.6) is 5.75 Å². The second-order valence-corrected chi connectivity index (χ2v) is 7.17. The number of piperidine rings is 1. The summed E-state index contributed by atoms with van der Waals surface area (Å²) in [6, 6.07) is 8.12. The molecule has 3 aliphatic rings. The number of rotatable bonds is 4. The van der Waals surface area contributed by atoms with Crippen LogP contribution in [-0.4, -0.2) is 26.1 Å². The zero-order valence-electron chi connectivity index (χ0n) is 13.2. The van der Waals surface area contributed by atoms with Crippen LogP contribution in [-0.2, 0) is 10.3 Å². The molecule has 1 heterocycles. The minimum absolute atomic E-state index is 0.111. The third-order valence-corrected chi connectivity index (χ3v) is 5.86. The van der Waals surface area contributed by atoms with Crippen LogP contribution in [0.25, 0.3) is 0 Å². The van der Waals surface area contributed by atoms with Crippen molar-refractivity contribution in [3.63, 3.8) is 0 Å². The molecule has 3 fully saturated rings. The smallest absolute Gasteiger partial charge is 0.224 e. The first kappa shape index (κ1) is 14.1. The molecule has 1 aromatic rings. The van der Waals surface area contributed by atoms with Gasteiger partial charge in [-0.1, -0.05) is 12.1 Å². The largest absolute Gasteiger partial charge is 0.497 e. The molecule has 2 N–H and O–H groups in total. The van der Waals surface area contributed by atoms with Crippen molar-refractivity contribution < 1.29 is 9.53 Å². The maximum Gasteiger partial charge on any atom is 0.224 e. The van der Waals surface area contributed by atoms with Gasteiger partial charge in [-0.15, -0.1) is 0 Å². The Morgan fingerprint density at radius 1 is 1.18 bits per heavy atom. The first-order valence-corrected chi connectivity index (χ1v) is 8.35. The SMILES string of the molecule is COc1ccc(C2(NC(=O)C3CC34CCNCC4)CC2)cc1. The fraction of sp³-hybridized carbons (Fsp3) is 0.611. The Kier molecular flexibility index (Phi) is 3.19. The molecule has 22 heavy (non-hydrogen) atoms. The van der Waals surface area contributed by atoms with Crippen molar-refractivity contribution in [2.24, 2.45) is 11.3 Å². The Balaban J connectivity index is 1.43. The molecule has 2 aliphatic carbocycles. The molecule has 2 saturated carbocycles. The third kappa shape index (κ3) is 2.30. The highest BCUT2D eigenvalue weighted by molar-refractivity contribution is 5.84. The molecule has 4 rings (SSSR count). The van der Waals surface area contributed by atoms with E-state index in [4.69, 9.17) is 4.74 Å². The van der Waals surface area contributed by atoms with E-state index in [2.05, 4.69) is 22.8 Å². The molecule has 118 valence electrons. The van der Waals surface area contributed by atoms with Crippen molar-refractivity contribution in [1.82, 2.24) is 10.6 Å². The topological polar surface area (TPSA) is 50.4 Å². The van der Waals surface area contributed by atoms with Gasteiger partial charge in [0.05, 0.1) is 12.6 Å². The number of ether oxygens (including phenoxy) is 1. The normalized spacial score (nSPS) is 27.2. The zero-order chi connectivity index (χ0) is 15.2. The van der Waals surface area contributed by atoms with Crippen LogP contribution in [0.2, 0.25) is 0 Å². The summed E-state index contributed by atoms with van der Waals surface area (Å²) in [7, 11) is 1.68. The van der Waals surface area contributed by atoms with Crippen LogP contribution in [0.3, 0.4) is 0 Å². The van der Waals surface area contributed by atoms with Gasteiger partial charge in [0.25, 0.3) is 0 Å². The quantitative estimate of drug-likeness (QED) is 0.896. The van der Waals surface area contributed by atoms with E-state index < -0.39 is 0 Å². The monoisotopic (exact) mass is 300 g/mol. The average molecular weight is 300 g/mol. The van der Waals surface area contributed by atoms with Crippen LogP contribution < -0.4 is 15.4 Å². The van der Waals surface area contributed by atoms with E-state index in [-0.39, 0.29) is 17.4 Å². The predicted molar refractivity (Wildman–Crippen MR) is 84.7 cm³/mol. The van der Waals surface area contributed by atoms with Crippen molar-refractivity contribution in [2.75, 3.05) is 20.2 Å². The Morgan fingerprint density at radius 2 is 1.86 bits per heavy atom. The molecule has 0 aromatic heterocycles. The number of hydrogen-bond donors (Lipinski definition) is 2. The van der Waals surface area contributed by atoms with Gasteiger partial charge in [-0.3, -0.25) is 4.79 Å². The fourth-order valence-electron chi connectivity index (χ4n) is 4.04. The maximum atomic E-state index is 12.7. The summed E-state index contributed by atoms with van der Waals surface area (Å²) in [6.07, 6.45) is 5.49. The number of nitrogens with one attached hydrogen (secondary N) is 2. The van der Waals surface area contributed by atoms with Crippen molar-refractivity contribution >= 4 is 5.91 Å². The molecular formula is C18H24N2O2. The number of hydrogen-bond acceptors (Lipinski definition) is 3. The van der Waals surface area contributed by atoms with E-state index >= 15 is 0 Å².